The van der Waals surface area contributed by atoms with Gasteiger partial charge in [-0.3, -0.25) is 10.2 Å². The van der Waals surface area contributed by atoms with Crippen molar-refractivity contribution in [1.29, 1.82) is 0 Å². The maximum absolute atomic E-state index is 12.0. The van der Waals surface area contributed by atoms with Gasteiger partial charge >= 0.3 is 6.03 Å². The van der Waals surface area contributed by atoms with Gasteiger partial charge in [-0.15, -0.1) is 0 Å². The number of nitrogens with one attached hydrogen (secondary N) is 3. The molecule has 0 fully saturated rings. The van der Waals surface area contributed by atoms with Crippen molar-refractivity contribution >= 4 is 11.9 Å². The molecule has 2 heterocycles. The van der Waals surface area contributed by atoms with Gasteiger partial charge in [0, 0.05) is 13.1 Å². The Morgan fingerprint density at radius 1 is 1.15 bits per heavy atom. The van der Waals surface area contributed by atoms with Crippen molar-refractivity contribution in [2.45, 2.75) is 13.8 Å². The van der Waals surface area contributed by atoms with Gasteiger partial charge in [-0.2, -0.15) is 0 Å². The molecule has 0 radical (unpaired) electrons. The first-order valence-electron chi connectivity index (χ1n) is 5.71. The smallest absolute Gasteiger partial charge is 0.333 e. The highest BCUT2D eigenvalue weighted by Gasteiger charge is 2.24. The number of aromatic nitrogens is 2. The molecule has 0 aliphatic heterocycles. The summed E-state index contributed by atoms with van der Waals surface area (Å²) in [5.74, 6) is 0.183. The van der Waals surface area contributed by atoms with Gasteiger partial charge in [0.2, 0.25) is 5.76 Å². The lowest BCUT2D eigenvalue weighted by Crippen LogP contribution is -2.46. The summed E-state index contributed by atoms with van der Waals surface area (Å²) in [4.78, 5) is 23.1. The van der Waals surface area contributed by atoms with E-state index in [1.807, 2.05) is 0 Å². The highest BCUT2D eigenvalue weighted by Crippen LogP contribution is 2.25. The molecule has 3 N–H and O–H groups in total. The Kier molecular flexibility index (Phi) is 3.69. The van der Waals surface area contributed by atoms with Crippen LogP contribution >= 0.6 is 0 Å². The van der Waals surface area contributed by atoms with Gasteiger partial charge in [-0.05, 0) is 13.8 Å². The van der Waals surface area contributed by atoms with E-state index in [2.05, 4.69) is 26.5 Å². The SMILES string of the molecule is CNC(=O)NNC(=O)c1c(C)noc1-c1cc(C)on1. The van der Waals surface area contributed by atoms with Crippen LogP contribution in [-0.2, 0) is 0 Å². The van der Waals surface area contributed by atoms with Crippen molar-refractivity contribution < 1.29 is 18.6 Å². The number of aryl methyl sites for hydroxylation is 2. The highest BCUT2D eigenvalue weighted by molar-refractivity contribution is 6.00. The molecule has 9 heteroatoms. The Labute approximate surface area is 113 Å². The van der Waals surface area contributed by atoms with Crippen LogP contribution in [0.5, 0.6) is 0 Å². The number of amides is 3. The molecular formula is C11H13N5O4. The molecule has 3 amide bonds. The Morgan fingerprint density at radius 3 is 2.50 bits per heavy atom. The fraction of sp³-hybridized carbons (Fsp3) is 0.273. The van der Waals surface area contributed by atoms with Crippen molar-refractivity contribution in [3.8, 4) is 11.5 Å². The Bertz CT molecular complexity index is 645. The second-order valence-electron chi connectivity index (χ2n) is 3.95. The van der Waals surface area contributed by atoms with Crippen molar-refractivity contribution in [3.05, 3.63) is 23.1 Å². The monoisotopic (exact) mass is 279 g/mol. The molecule has 0 atom stereocenters. The van der Waals surface area contributed by atoms with Crippen molar-refractivity contribution in [2.24, 2.45) is 0 Å². The molecule has 20 heavy (non-hydrogen) atoms. The minimum absolute atomic E-state index is 0.176. The fourth-order valence-electron chi connectivity index (χ4n) is 1.52. The van der Waals surface area contributed by atoms with Crippen LogP contribution in [0.25, 0.3) is 11.5 Å². The summed E-state index contributed by atoms with van der Waals surface area (Å²) in [7, 11) is 1.43. The number of rotatable bonds is 2. The quantitative estimate of drug-likeness (QED) is 0.689. The van der Waals surface area contributed by atoms with E-state index in [4.69, 9.17) is 9.05 Å². The van der Waals surface area contributed by atoms with Gasteiger partial charge in [0.05, 0.1) is 5.69 Å². The van der Waals surface area contributed by atoms with Crippen LogP contribution in [0, 0.1) is 13.8 Å². The molecule has 0 aliphatic carbocycles. The second-order valence-corrected chi connectivity index (χ2v) is 3.95. The lowest BCUT2D eigenvalue weighted by atomic mass is 10.1. The average Bonchev–Trinajstić information content (AvgIpc) is 3.01. The zero-order valence-corrected chi connectivity index (χ0v) is 11.1. The topological polar surface area (TPSA) is 122 Å². The van der Waals surface area contributed by atoms with Crippen LogP contribution in [0.2, 0.25) is 0 Å². The van der Waals surface area contributed by atoms with Crippen LogP contribution in [0.4, 0.5) is 4.79 Å². The Hall–Kier alpha value is -2.84. The molecule has 106 valence electrons. The van der Waals surface area contributed by atoms with Crippen LogP contribution in [0.15, 0.2) is 15.1 Å². The normalized spacial score (nSPS) is 10.2. The molecule has 9 nitrogen and oxygen atoms in total. The summed E-state index contributed by atoms with van der Waals surface area (Å²) in [6.07, 6.45) is 0. The fourth-order valence-corrected chi connectivity index (χ4v) is 1.52. The van der Waals surface area contributed by atoms with E-state index < -0.39 is 11.9 Å². The second kappa shape index (κ2) is 5.43. The molecular weight excluding hydrogens is 266 g/mol. The number of hydrogen-bond donors (Lipinski definition) is 3. The summed E-state index contributed by atoms with van der Waals surface area (Å²) in [5, 5.41) is 9.79. The molecule has 0 unspecified atom stereocenters. The number of carbonyl (C=O) groups excluding carboxylic acids is 2. The van der Waals surface area contributed by atoms with E-state index in [-0.39, 0.29) is 11.3 Å². The number of hydrogen-bond acceptors (Lipinski definition) is 6. The molecule has 0 bridgehead atoms. The van der Waals surface area contributed by atoms with Crippen molar-refractivity contribution in [1.82, 2.24) is 26.5 Å². The average molecular weight is 279 g/mol. The van der Waals surface area contributed by atoms with Crippen molar-refractivity contribution in [2.75, 3.05) is 7.05 Å². The predicted octanol–water partition coefficient (Wildman–Crippen LogP) is 0.520. The van der Waals surface area contributed by atoms with Gasteiger partial charge in [0.25, 0.3) is 5.91 Å². The van der Waals surface area contributed by atoms with Crippen LogP contribution in [0.1, 0.15) is 21.8 Å². The van der Waals surface area contributed by atoms with Crippen LogP contribution in [-0.4, -0.2) is 29.3 Å². The molecule has 0 aromatic carbocycles. The minimum atomic E-state index is -0.567. The van der Waals surface area contributed by atoms with E-state index >= 15 is 0 Å². The summed E-state index contributed by atoms with van der Waals surface area (Å²) in [6.45, 7) is 3.32. The van der Waals surface area contributed by atoms with E-state index in [1.165, 1.54) is 7.05 Å². The van der Waals surface area contributed by atoms with Gasteiger partial charge in [-0.1, -0.05) is 10.3 Å². The van der Waals surface area contributed by atoms with Gasteiger partial charge in [0.15, 0.2) is 5.69 Å². The molecule has 2 rings (SSSR count). The predicted molar refractivity (Wildman–Crippen MR) is 66.5 cm³/mol. The largest absolute Gasteiger partial charge is 0.361 e. The summed E-state index contributed by atoms with van der Waals surface area (Å²) >= 11 is 0. The lowest BCUT2D eigenvalue weighted by Gasteiger charge is -2.05. The van der Waals surface area contributed by atoms with Gasteiger partial charge in [-0.25, -0.2) is 10.2 Å². The number of nitrogens with zero attached hydrogens (tertiary/aromatic N) is 2. The summed E-state index contributed by atoms with van der Waals surface area (Å²) in [5.41, 5.74) is 5.31. The number of urea groups is 1. The first-order valence-corrected chi connectivity index (χ1v) is 5.71. The van der Waals surface area contributed by atoms with E-state index in [0.29, 0.717) is 17.1 Å². The summed E-state index contributed by atoms with van der Waals surface area (Å²) < 4.78 is 10.0. The van der Waals surface area contributed by atoms with E-state index in [1.54, 1.807) is 19.9 Å². The lowest BCUT2D eigenvalue weighted by molar-refractivity contribution is 0.0936. The van der Waals surface area contributed by atoms with Gasteiger partial charge in [0.1, 0.15) is 11.3 Å². The molecule has 2 aromatic heterocycles. The zero-order chi connectivity index (χ0) is 14.7. The van der Waals surface area contributed by atoms with Crippen LogP contribution in [0.3, 0.4) is 0 Å². The molecule has 0 saturated carbocycles. The zero-order valence-electron chi connectivity index (χ0n) is 11.1. The molecule has 2 aromatic rings. The molecule has 0 aliphatic rings. The third-order valence-electron chi connectivity index (χ3n) is 2.47. The van der Waals surface area contributed by atoms with E-state index in [9.17, 15) is 9.59 Å². The molecule has 0 spiro atoms. The highest BCUT2D eigenvalue weighted by atomic mass is 16.5. The summed E-state index contributed by atoms with van der Waals surface area (Å²) in [6, 6.07) is 1.06. The van der Waals surface area contributed by atoms with Crippen LogP contribution < -0.4 is 16.2 Å². The third kappa shape index (κ3) is 2.60. The number of carbonyl (C=O) groups is 2. The minimum Gasteiger partial charge on any atom is -0.361 e. The van der Waals surface area contributed by atoms with E-state index in [0.717, 1.165) is 0 Å². The third-order valence-corrected chi connectivity index (χ3v) is 2.47. The number of hydrazine groups is 1. The Morgan fingerprint density at radius 2 is 1.90 bits per heavy atom. The maximum Gasteiger partial charge on any atom is 0.333 e. The molecule has 0 saturated heterocycles. The Balaban J connectivity index is 2.25. The maximum atomic E-state index is 12.0. The van der Waals surface area contributed by atoms with Gasteiger partial charge < -0.3 is 14.4 Å². The first-order chi connectivity index (χ1) is 9.52. The van der Waals surface area contributed by atoms with Crippen molar-refractivity contribution in [3.63, 3.8) is 0 Å². The first kappa shape index (κ1) is 13.6. The standard InChI is InChI=1S/C11H13N5O4/c1-5-4-7(16-19-5)9-8(6(2)15-20-9)10(17)13-14-11(18)12-3/h4H,1-3H3,(H,13,17)(H2,12,14,18).